The number of rotatable bonds is 7. The minimum absolute atomic E-state index is 0.0776. The Labute approximate surface area is 211 Å². The summed E-state index contributed by atoms with van der Waals surface area (Å²) in [5, 5.41) is 10.8. The maximum Gasteiger partial charge on any atom is 0.184 e. The first kappa shape index (κ1) is 27.6. The molecule has 0 spiro atoms. The summed E-state index contributed by atoms with van der Waals surface area (Å²) in [6, 6.07) is 0. The van der Waals surface area contributed by atoms with Crippen LogP contribution in [0.25, 0.3) is 0 Å². The molecule has 0 amide bonds. The SMILES string of the molecule is CC(C)=CC[C@@H]1C[C@]2(CC=C(C)C)C(=O)[C@@](C(=O)C(C)C)(C(=O)C3=C2O[C@H](C(C)(C)O)C3)C1(C)C. The van der Waals surface area contributed by atoms with Crippen molar-refractivity contribution in [2.24, 2.45) is 28.1 Å². The minimum Gasteiger partial charge on any atom is -0.490 e. The summed E-state index contributed by atoms with van der Waals surface area (Å²) >= 11 is 0. The topological polar surface area (TPSA) is 80.7 Å². The van der Waals surface area contributed by atoms with E-state index in [-0.39, 0.29) is 23.9 Å². The number of allylic oxidation sites excluding steroid dienone is 5. The molecule has 2 bridgehead atoms. The highest BCUT2D eigenvalue weighted by Gasteiger charge is 2.76. The molecule has 5 nitrogen and oxygen atoms in total. The zero-order chi connectivity index (χ0) is 26.7. The minimum atomic E-state index is -1.76. The van der Waals surface area contributed by atoms with Crippen LogP contribution in [0.5, 0.6) is 0 Å². The summed E-state index contributed by atoms with van der Waals surface area (Å²) in [6.07, 6.45) is 5.31. The van der Waals surface area contributed by atoms with E-state index in [1.54, 1.807) is 27.7 Å². The first-order valence-corrected chi connectivity index (χ1v) is 13.0. The second-order valence-corrected chi connectivity index (χ2v) is 12.9. The van der Waals surface area contributed by atoms with Crippen LogP contribution in [0.15, 0.2) is 34.6 Å². The highest BCUT2D eigenvalue weighted by Crippen LogP contribution is 2.67. The predicted octanol–water partition coefficient (Wildman–Crippen LogP) is 5.91. The number of hydrogen-bond donors (Lipinski definition) is 1. The van der Waals surface area contributed by atoms with Gasteiger partial charge in [0.2, 0.25) is 0 Å². The van der Waals surface area contributed by atoms with Crippen molar-refractivity contribution >= 4 is 17.3 Å². The summed E-state index contributed by atoms with van der Waals surface area (Å²) < 4.78 is 6.35. The Balaban J connectivity index is 2.39. The molecule has 5 heteroatoms. The van der Waals surface area contributed by atoms with Crippen LogP contribution >= 0.6 is 0 Å². The van der Waals surface area contributed by atoms with Crippen LogP contribution in [-0.4, -0.2) is 34.2 Å². The number of Topliss-reactive ketones (excluding diaryl/α,β-unsaturated/α-hetero) is 3. The zero-order valence-electron chi connectivity index (χ0n) is 23.3. The van der Waals surface area contributed by atoms with Crippen molar-refractivity contribution in [3.63, 3.8) is 0 Å². The maximum absolute atomic E-state index is 14.8. The molecule has 1 heterocycles. The van der Waals surface area contributed by atoms with Gasteiger partial charge < -0.3 is 9.84 Å². The third kappa shape index (κ3) is 3.98. The van der Waals surface area contributed by atoms with Crippen LogP contribution in [0, 0.1) is 28.1 Å². The third-order valence-corrected chi connectivity index (χ3v) is 8.68. The number of ketones is 3. The van der Waals surface area contributed by atoms with Crippen LogP contribution in [0.1, 0.15) is 94.9 Å². The monoisotopic (exact) mass is 484 g/mol. The smallest absolute Gasteiger partial charge is 0.184 e. The molecule has 2 aliphatic carbocycles. The molecule has 1 fully saturated rings. The molecule has 1 aliphatic heterocycles. The van der Waals surface area contributed by atoms with Crippen molar-refractivity contribution in [2.45, 2.75) is 107 Å². The molecule has 35 heavy (non-hydrogen) atoms. The Bertz CT molecular complexity index is 1020. The Hall–Kier alpha value is -2.01. The van der Waals surface area contributed by atoms with Crippen LogP contribution < -0.4 is 0 Å². The van der Waals surface area contributed by atoms with E-state index in [1.807, 2.05) is 47.6 Å². The zero-order valence-corrected chi connectivity index (χ0v) is 23.3. The normalized spacial score (nSPS) is 31.8. The predicted molar refractivity (Wildman–Crippen MR) is 138 cm³/mol. The van der Waals surface area contributed by atoms with E-state index < -0.39 is 39.7 Å². The molecule has 3 aliphatic rings. The summed E-state index contributed by atoms with van der Waals surface area (Å²) in [6.45, 7) is 18.8. The molecular weight excluding hydrogens is 440 g/mol. The molecule has 0 radical (unpaired) electrons. The number of carbonyl (C=O) groups excluding carboxylic acids is 3. The van der Waals surface area contributed by atoms with Gasteiger partial charge in [-0.15, -0.1) is 0 Å². The Morgan fingerprint density at radius 3 is 2.17 bits per heavy atom. The van der Waals surface area contributed by atoms with Crippen molar-refractivity contribution in [3.8, 4) is 0 Å². The summed E-state index contributed by atoms with van der Waals surface area (Å²) in [7, 11) is 0. The average Bonchev–Trinajstić information content (AvgIpc) is 3.18. The Morgan fingerprint density at radius 2 is 1.69 bits per heavy atom. The lowest BCUT2D eigenvalue weighted by molar-refractivity contribution is -0.178. The van der Waals surface area contributed by atoms with Gasteiger partial charge in [-0.3, -0.25) is 14.4 Å². The van der Waals surface area contributed by atoms with Gasteiger partial charge in [-0.1, -0.05) is 51.0 Å². The molecule has 1 N–H and O–H groups in total. The fraction of sp³-hybridized carbons (Fsp3) is 0.700. The second kappa shape index (κ2) is 8.83. The van der Waals surface area contributed by atoms with Crippen LogP contribution in [0.4, 0.5) is 0 Å². The molecule has 0 unspecified atom stereocenters. The van der Waals surface area contributed by atoms with Gasteiger partial charge in [-0.25, -0.2) is 0 Å². The highest BCUT2D eigenvalue weighted by molar-refractivity contribution is 6.33. The fourth-order valence-electron chi connectivity index (χ4n) is 6.45. The van der Waals surface area contributed by atoms with Crippen LogP contribution in [-0.2, 0) is 19.1 Å². The summed E-state index contributed by atoms with van der Waals surface area (Å²) in [5.41, 5.74) is -2.26. The van der Waals surface area contributed by atoms with Crippen LogP contribution in [0.3, 0.4) is 0 Å². The average molecular weight is 485 g/mol. The lowest BCUT2D eigenvalue weighted by atomic mass is 9.39. The van der Waals surface area contributed by atoms with E-state index in [0.717, 1.165) is 11.1 Å². The van der Waals surface area contributed by atoms with Crippen molar-refractivity contribution in [1.29, 1.82) is 0 Å². The number of fused-ring (bicyclic) bond motifs is 3. The highest BCUT2D eigenvalue weighted by atomic mass is 16.5. The van der Waals surface area contributed by atoms with Crippen molar-refractivity contribution < 1.29 is 24.2 Å². The summed E-state index contributed by atoms with van der Waals surface area (Å²) in [5.74, 6) is -1.14. The molecule has 0 aromatic rings. The Morgan fingerprint density at radius 1 is 1.11 bits per heavy atom. The van der Waals surface area contributed by atoms with Crippen molar-refractivity contribution in [2.75, 3.05) is 0 Å². The summed E-state index contributed by atoms with van der Waals surface area (Å²) in [4.78, 5) is 43.3. The van der Waals surface area contributed by atoms with E-state index in [2.05, 4.69) is 6.08 Å². The lowest BCUT2D eigenvalue weighted by Crippen LogP contribution is -2.70. The van der Waals surface area contributed by atoms with Gasteiger partial charge in [0.15, 0.2) is 22.8 Å². The van der Waals surface area contributed by atoms with Gasteiger partial charge in [0, 0.05) is 17.9 Å². The second-order valence-electron chi connectivity index (χ2n) is 12.9. The fourth-order valence-corrected chi connectivity index (χ4v) is 6.45. The number of aliphatic hydroxyl groups is 1. The van der Waals surface area contributed by atoms with E-state index in [9.17, 15) is 19.5 Å². The molecule has 4 atom stereocenters. The first-order valence-electron chi connectivity index (χ1n) is 13.0. The first-order chi connectivity index (χ1) is 15.9. The van der Waals surface area contributed by atoms with Gasteiger partial charge in [-0.05, 0) is 72.1 Å². The van der Waals surface area contributed by atoms with Gasteiger partial charge in [0.1, 0.15) is 11.9 Å². The van der Waals surface area contributed by atoms with Gasteiger partial charge in [0.25, 0.3) is 0 Å². The molecule has 0 aromatic heterocycles. The van der Waals surface area contributed by atoms with Crippen molar-refractivity contribution in [1.82, 2.24) is 0 Å². The number of carbonyl (C=O) groups is 3. The number of ether oxygens (including phenoxy) is 1. The van der Waals surface area contributed by atoms with Gasteiger partial charge in [-0.2, -0.15) is 0 Å². The Kier molecular flexibility index (Phi) is 6.96. The molecule has 0 saturated heterocycles. The third-order valence-electron chi connectivity index (χ3n) is 8.68. The molecule has 3 rings (SSSR count). The largest absolute Gasteiger partial charge is 0.490 e. The van der Waals surface area contributed by atoms with Crippen LogP contribution in [0.2, 0.25) is 0 Å². The molecular formula is C30H44O5. The van der Waals surface area contributed by atoms with E-state index in [0.29, 0.717) is 30.6 Å². The van der Waals surface area contributed by atoms with Crippen molar-refractivity contribution in [3.05, 3.63) is 34.6 Å². The lowest BCUT2D eigenvalue weighted by Gasteiger charge is -2.59. The van der Waals surface area contributed by atoms with Gasteiger partial charge in [0.05, 0.1) is 11.0 Å². The maximum atomic E-state index is 14.8. The quantitative estimate of drug-likeness (QED) is 0.359. The van der Waals surface area contributed by atoms with E-state index in [4.69, 9.17) is 4.74 Å². The molecule has 194 valence electrons. The molecule has 0 aromatic carbocycles. The van der Waals surface area contributed by atoms with E-state index in [1.165, 1.54) is 0 Å². The van der Waals surface area contributed by atoms with Gasteiger partial charge >= 0.3 is 0 Å². The standard InChI is InChI=1S/C30H44O5/c1-17(2)11-12-20-16-29(14-13-18(3)4)25-21(15-22(35-25)28(9,10)34)24(32)30(26(29)33,27(20,7)8)23(31)19(5)6/h11,13,19-20,22,34H,12,14-16H2,1-10H3/t20-,22+,29+,30-/m1/s1. The van der Waals surface area contributed by atoms with E-state index >= 15 is 0 Å². The number of hydrogen-bond acceptors (Lipinski definition) is 5. The molecule has 1 saturated carbocycles.